The highest BCUT2D eigenvalue weighted by atomic mass is 32.1. The first-order valence-electron chi connectivity index (χ1n) is 12.2. The van der Waals surface area contributed by atoms with Gasteiger partial charge in [-0.25, -0.2) is 4.98 Å². The van der Waals surface area contributed by atoms with E-state index in [4.69, 9.17) is 29.2 Å². The molecule has 0 unspecified atom stereocenters. The molecule has 0 saturated heterocycles. The number of aryl methyl sites for hydroxylation is 1. The van der Waals surface area contributed by atoms with Crippen molar-refractivity contribution in [1.82, 2.24) is 15.1 Å². The maximum Gasteiger partial charge on any atom is 0.272 e. The zero-order valence-electron chi connectivity index (χ0n) is 22.9. The van der Waals surface area contributed by atoms with Crippen LogP contribution < -0.4 is 30.6 Å². The summed E-state index contributed by atoms with van der Waals surface area (Å²) in [4.78, 5) is 21.8. The van der Waals surface area contributed by atoms with Crippen molar-refractivity contribution in [2.45, 2.75) is 20.8 Å². The van der Waals surface area contributed by atoms with Crippen molar-refractivity contribution in [3.8, 4) is 39.4 Å². The first-order valence-corrected chi connectivity index (χ1v) is 13.0. The first kappa shape index (κ1) is 28.2. The number of nitrogens with two attached hydrogens (primary N) is 1. The molecule has 12 nitrogen and oxygen atoms in total. The van der Waals surface area contributed by atoms with Crippen LogP contribution in [0, 0.1) is 6.92 Å². The Morgan fingerprint density at radius 2 is 1.80 bits per heavy atom. The highest BCUT2D eigenvalue weighted by Crippen LogP contribution is 2.42. The molecule has 0 radical (unpaired) electrons. The van der Waals surface area contributed by atoms with Gasteiger partial charge in [0.15, 0.2) is 16.6 Å². The summed E-state index contributed by atoms with van der Waals surface area (Å²) in [6, 6.07) is 8.95. The maximum absolute atomic E-state index is 12.3. The molecule has 2 heterocycles. The van der Waals surface area contributed by atoms with Gasteiger partial charge in [0.05, 0.1) is 33.7 Å². The normalized spacial score (nSPS) is 11.2. The maximum atomic E-state index is 12.3. The summed E-state index contributed by atoms with van der Waals surface area (Å²) < 4.78 is 27.1. The average Bonchev–Trinajstić information content (AvgIpc) is 3.55. The van der Waals surface area contributed by atoms with Crippen LogP contribution in [0.4, 0.5) is 22.3 Å². The number of ether oxygens (including phenoxy) is 4. The smallest absolute Gasteiger partial charge is 0.272 e. The summed E-state index contributed by atoms with van der Waals surface area (Å²) in [5, 5.41) is 10.7. The van der Waals surface area contributed by atoms with Gasteiger partial charge in [0, 0.05) is 35.1 Å². The van der Waals surface area contributed by atoms with Crippen LogP contribution in [0.1, 0.15) is 19.4 Å². The molecule has 4 aromatic rings. The largest absolute Gasteiger partial charge is 0.498 e. The van der Waals surface area contributed by atoms with Gasteiger partial charge in [-0.05, 0) is 38.5 Å². The fraction of sp³-hybridized carbons (Fsp3) is 0.259. The van der Waals surface area contributed by atoms with Gasteiger partial charge in [0.25, 0.3) is 11.8 Å². The Bertz CT molecular complexity index is 1520. The third kappa shape index (κ3) is 6.26. The molecule has 0 saturated carbocycles. The van der Waals surface area contributed by atoms with Crippen LogP contribution in [0.3, 0.4) is 0 Å². The molecule has 4 N–H and O–H groups in total. The van der Waals surface area contributed by atoms with Gasteiger partial charge in [-0.3, -0.25) is 4.79 Å². The number of thiazole rings is 1. The standard InChI is InChI=1S/C27H30N6O6S/c1-7-38-15(3)10-21(34)29-16-9-8-14(2)18(11-16)25-32-26(39-33-25)23-24(28)31-27(40-23)30-17-12-19(35-4)22(37-6)20(13-17)36-5/h8-13H,7,28H2,1-6H3,(H,29,34)(H,30,31). The number of hydrogen-bond donors (Lipinski definition) is 3. The van der Waals surface area contributed by atoms with Crippen molar-refractivity contribution in [3.05, 3.63) is 47.7 Å². The lowest BCUT2D eigenvalue weighted by Gasteiger charge is -2.14. The number of carbonyl (C=O) groups excluding carboxylic acids is 1. The van der Waals surface area contributed by atoms with E-state index >= 15 is 0 Å². The van der Waals surface area contributed by atoms with Gasteiger partial charge in [-0.1, -0.05) is 22.6 Å². The lowest BCUT2D eigenvalue weighted by molar-refractivity contribution is -0.112. The minimum Gasteiger partial charge on any atom is -0.498 e. The van der Waals surface area contributed by atoms with E-state index in [0.717, 1.165) is 5.56 Å². The lowest BCUT2D eigenvalue weighted by Crippen LogP contribution is -2.09. The second-order valence-electron chi connectivity index (χ2n) is 8.40. The van der Waals surface area contributed by atoms with E-state index < -0.39 is 0 Å². The highest BCUT2D eigenvalue weighted by molar-refractivity contribution is 7.19. The number of nitrogen functional groups attached to an aromatic ring is 1. The Hall–Kier alpha value is -4.78. The van der Waals surface area contributed by atoms with Crippen LogP contribution in [0.5, 0.6) is 17.2 Å². The van der Waals surface area contributed by atoms with Crippen molar-refractivity contribution in [2.24, 2.45) is 0 Å². The molecule has 0 atom stereocenters. The molecule has 210 valence electrons. The van der Waals surface area contributed by atoms with Crippen LogP contribution in [0.25, 0.3) is 22.2 Å². The van der Waals surface area contributed by atoms with Gasteiger partial charge < -0.3 is 39.8 Å². The summed E-state index contributed by atoms with van der Waals surface area (Å²) in [7, 11) is 4.62. The Kier molecular flexibility index (Phi) is 8.74. The number of amides is 1. The summed E-state index contributed by atoms with van der Waals surface area (Å²) in [6.45, 7) is 5.97. The van der Waals surface area contributed by atoms with Crippen molar-refractivity contribution < 1.29 is 28.3 Å². The van der Waals surface area contributed by atoms with Crippen molar-refractivity contribution in [2.75, 3.05) is 44.3 Å². The van der Waals surface area contributed by atoms with E-state index in [1.807, 2.05) is 19.9 Å². The second kappa shape index (κ2) is 12.4. The number of methoxy groups -OCH3 is 3. The molecule has 2 aromatic carbocycles. The summed E-state index contributed by atoms with van der Waals surface area (Å²) in [6.07, 6.45) is 1.39. The number of nitrogens with one attached hydrogen (secondary N) is 2. The Balaban J connectivity index is 1.56. The van der Waals surface area contributed by atoms with E-state index in [9.17, 15) is 4.79 Å². The SMILES string of the molecule is CCOC(C)=CC(=O)Nc1ccc(C)c(-c2noc(-c3sc(Nc4cc(OC)c(OC)c(OC)c4)nc3N)n2)c1. The molecule has 40 heavy (non-hydrogen) atoms. The minimum atomic E-state index is -0.306. The molecule has 0 bridgehead atoms. The number of allylic oxidation sites excluding steroid dienone is 1. The highest BCUT2D eigenvalue weighted by Gasteiger charge is 2.20. The molecule has 13 heteroatoms. The molecule has 0 aliphatic heterocycles. The van der Waals surface area contributed by atoms with Crippen LogP contribution in [-0.2, 0) is 9.53 Å². The van der Waals surface area contributed by atoms with E-state index in [1.54, 1.807) is 45.4 Å². The molecule has 0 fully saturated rings. The molecular weight excluding hydrogens is 536 g/mol. The second-order valence-corrected chi connectivity index (χ2v) is 9.40. The predicted molar refractivity (Wildman–Crippen MR) is 153 cm³/mol. The number of benzene rings is 2. The van der Waals surface area contributed by atoms with Gasteiger partial charge >= 0.3 is 0 Å². The van der Waals surface area contributed by atoms with Gasteiger partial charge in [-0.15, -0.1) is 0 Å². The molecule has 1 amide bonds. The Labute approximate surface area is 235 Å². The fourth-order valence-electron chi connectivity index (χ4n) is 3.81. The van der Waals surface area contributed by atoms with Crippen LogP contribution in [-0.4, -0.2) is 49.0 Å². The Morgan fingerprint density at radius 1 is 1.07 bits per heavy atom. The quantitative estimate of drug-likeness (QED) is 0.158. The minimum absolute atomic E-state index is 0.215. The molecule has 4 rings (SSSR count). The molecule has 2 aromatic heterocycles. The zero-order valence-corrected chi connectivity index (χ0v) is 23.8. The van der Waals surface area contributed by atoms with E-state index in [0.29, 0.717) is 62.4 Å². The fourth-order valence-corrected chi connectivity index (χ4v) is 4.64. The molecule has 0 spiro atoms. The van der Waals surface area contributed by atoms with Crippen LogP contribution in [0.2, 0.25) is 0 Å². The number of hydrogen-bond acceptors (Lipinski definition) is 12. The van der Waals surface area contributed by atoms with Crippen LogP contribution >= 0.6 is 11.3 Å². The van der Waals surface area contributed by atoms with Crippen LogP contribution in [0.15, 0.2) is 46.7 Å². The third-order valence-corrected chi connectivity index (χ3v) is 6.62. The first-order chi connectivity index (χ1) is 19.3. The number of nitrogens with zero attached hydrogens (tertiary/aromatic N) is 3. The van der Waals surface area contributed by atoms with Gasteiger partial charge in [-0.2, -0.15) is 4.98 Å². The van der Waals surface area contributed by atoms with Crippen molar-refractivity contribution >= 4 is 39.6 Å². The summed E-state index contributed by atoms with van der Waals surface area (Å²) in [5.74, 6) is 2.46. The average molecular weight is 567 g/mol. The Morgan fingerprint density at radius 3 is 2.45 bits per heavy atom. The summed E-state index contributed by atoms with van der Waals surface area (Å²) >= 11 is 1.25. The van der Waals surface area contributed by atoms with E-state index in [2.05, 4.69) is 25.8 Å². The molecule has 0 aliphatic rings. The third-order valence-electron chi connectivity index (χ3n) is 5.64. The molecule has 0 aliphatic carbocycles. The number of aromatic nitrogens is 3. The van der Waals surface area contributed by atoms with E-state index in [-0.39, 0.29) is 17.6 Å². The van der Waals surface area contributed by atoms with Crippen molar-refractivity contribution in [3.63, 3.8) is 0 Å². The zero-order chi connectivity index (χ0) is 28.8. The van der Waals surface area contributed by atoms with Gasteiger partial charge in [0.1, 0.15) is 10.7 Å². The molecular formula is C27H30N6O6S. The number of rotatable bonds is 11. The summed E-state index contributed by atoms with van der Waals surface area (Å²) in [5.41, 5.74) is 9.02. The monoisotopic (exact) mass is 566 g/mol. The number of anilines is 4. The van der Waals surface area contributed by atoms with Crippen molar-refractivity contribution in [1.29, 1.82) is 0 Å². The van der Waals surface area contributed by atoms with E-state index in [1.165, 1.54) is 24.5 Å². The lowest BCUT2D eigenvalue weighted by atomic mass is 10.1. The number of carbonyl (C=O) groups is 1. The topological polar surface area (TPSA) is 156 Å². The predicted octanol–water partition coefficient (Wildman–Crippen LogP) is 5.40. The van der Waals surface area contributed by atoms with Gasteiger partial charge in [0.2, 0.25) is 11.6 Å².